The quantitative estimate of drug-likeness (QED) is 0.929. The standard InChI is InChI=1S/C11H12BrN3O2S/c1-2-3-9-13-7(6-18-9)4-15-5-8(12)10(16)14-11(15)17/h5-6H,2-4H2,1H3,(H,14,16,17). The van der Waals surface area contributed by atoms with Gasteiger partial charge in [-0.1, -0.05) is 6.92 Å². The van der Waals surface area contributed by atoms with Crippen molar-refractivity contribution >= 4 is 27.3 Å². The van der Waals surface area contributed by atoms with Crippen LogP contribution in [0.5, 0.6) is 0 Å². The van der Waals surface area contributed by atoms with Crippen molar-refractivity contribution in [3.8, 4) is 0 Å². The molecule has 0 spiro atoms. The van der Waals surface area contributed by atoms with Gasteiger partial charge in [-0.2, -0.15) is 0 Å². The van der Waals surface area contributed by atoms with Crippen LogP contribution < -0.4 is 11.2 Å². The van der Waals surface area contributed by atoms with Gasteiger partial charge in [-0.3, -0.25) is 14.3 Å². The third-order valence-electron chi connectivity index (χ3n) is 2.36. The third-order valence-corrected chi connectivity index (χ3v) is 3.89. The molecule has 0 aromatic carbocycles. The van der Waals surface area contributed by atoms with Gasteiger partial charge in [0.2, 0.25) is 0 Å². The number of nitrogens with one attached hydrogen (secondary N) is 1. The van der Waals surface area contributed by atoms with Gasteiger partial charge in [-0.25, -0.2) is 9.78 Å². The minimum absolute atomic E-state index is 0.339. The van der Waals surface area contributed by atoms with Crippen molar-refractivity contribution in [3.63, 3.8) is 0 Å². The first kappa shape index (κ1) is 13.2. The van der Waals surface area contributed by atoms with E-state index in [4.69, 9.17) is 0 Å². The van der Waals surface area contributed by atoms with E-state index in [1.807, 2.05) is 5.38 Å². The summed E-state index contributed by atoms with van der Waals surface area (Å²) in [7, 11) is 0. The molecule has 1 N–H and O–H groups in total. The lowest BCUT2D eigenvalue weighted by molar-refractivity contribution is 0.701. The molecular formula is C11H12BrN3O2S. The number of aryl methyl sites for hydroxylation is 1. The molecule has 5 nitrogen and oxygen atoms in total. The van der Waals surface area contributed by atoms with Gasteiger partial charge in [0, 0.05) is 11.6 Å². The molecule has 0 aliphatic heterocycles. The van der Waals surface area contributed by atoms with Crippen LogP contribution in [0.15, 0.2) is 25.6 Å². The fraction of sp³-hybridized carbons (Fsp3) is 0.364. The smallest absolute Gasteiger partial charge is 0.293 e. The molecule has 2 rings (SSSR count). The molecule has 0 saturated carbocycles. The first-order valence-electron chi connectivity index (χ1n) is 5.52. The number of hydrogen-bond donors (Lipinski definition) is 1. The molecule has 2 heterocycles. The van der Waals surface area contributed by atoms with Crippen LogP contribution in [0.1, 0.15) is 24.0 Å². The van der Waals surface area contributed by atoms with Gasteiger partial charge in [-0.15, -0.1) is 11.3 Å². The van der Waals surface area contributed by atoms with Crippen LogP contribution in [-0.2, 0) is 13.0 Å². The van der Waals surface area contributed by atoms with Gasteiger partial charge in [0.1, 0.15) is 0 Å². The van der Waals surface area contributed by atoms with Gasteiger partial charge >= 0.3 is 5.69 Å². The van der Waals surface area contributed by atoms with Crippen LogP contribution >= 0.6 is 27.3 Å². The van der Waals surface area contributed by atoms with Crippen LogP contribution in [0.3, 0.4) is 0 Å². The number of hydrogen-bond acceptors (Lipinski definition) is 4. The molecule has 0 aliphatic rings. The summed E-state index contributed by atoms with van der Waals surface area (Å²) in [5, 5.41) is 3.01. The van der Waals surface area contributed by atoms with Gasteiger partial charge in [0.05, 0.1) is 21.7 Å². The highest BCUT2D eigenvalue weighted by atomic mass is 79.9. The van der Waals surface area contributed by atoms with Crippen molar-refractivity contribution in [3.05, 3.63) is 47.6 Å². The molecule has 2 aromatic rings. The van der Waals surface area contributed by atoms with E-state index in [2.05, 4.69) is 32.8 Å². The highest BCUT2D eigenvalue weighted by molar-refractivity contribution is 9.10. The van der Waals surface area contributed by atoms with E-state index in [-0.39, 0.29) is 0 Å². The van der Waals surface area contributed by atoms with E-state index < -0.39 is 11.2 Å². The summed E-state index contributed by atoms with van der Waals surface area (Å²) < 4.78 is 1.77. The number of thiazole rings is 1. The number of aromatic nitrogens is 3. The van der Waals surface area contributed by atoms with Gasteiger partial charge in [-0.05, 0) is 28.8 Å². The first-order chi connectivity index (χ1) is 8.60. The molecule has 18 heavy (non-hydrogen) atoms. The van der Waals surface area contributed by atoms with E-state index >= 15 is 0 Å². The zero-order valence-corrected chi connectivity index (χ0v) is 12.2. The fourth-order valence-electron chi connectivity index (χ4n) is 1.52. The molecule has 0 radical (unpaired) electrons. The largest absolute Gasteiger partial charge is 0.328 e. The maximum Gasteiger partial charge on any atom is 0.328 e. The maximum atomic E-state index is 11.6. The van der Waals surface area contributed by atoms with Crippen LogP contribution in [0.25, 0.3) is 0 Å². The number of rotatable bonds is 4. The van der Waals surface area contributed by atoms with Crippen LogP contribution in [0.2, 0.25) is 0 Å². The molecule has 7 heteroatoms. The average Bonchev–Trinajstić information content (AvgIpc) is 2.74. The molecule has 2 aromatic heterocycles. The molecule has 0 aliphatic carbocycles. The Morgan fingerprint density at radius 1 is 1.50 bits per heavy atom. The highest BCUT2D eigenvalue weighted by Gasteiger charge is 2.06. The molecule has 96 valence electrons. The Labute approximate surface area is 116 Å². The summed E-state index contributed by atoms with van der Waals surface area (Å²) in [5.41, 5.74) is -0.000981. The predicted molar refractivity (Wildman–Crippen MR) is 74.2 cm³/mol. The van der Waals surface area contributed by atoms with Crippen molar-refractivity contribution in [2.24, 2.45) is 0 Å². The van der Waals surface area contributed by atoms with Crippen molar-refractivity contribution < 1.29 is 0 Å². The van der Waals surface area contributed by atoms with Crippen LogP contribution in [0, 0.1) is 0 Å². The molecule has 0 atom stereocenters. The number of aromatic amines is 1. The number of nitrogens with zero attached hydrogens (tertiary/aromatic N) is 2. The molecule has 0 bridgehead atoms. The number of halogens is 1. The molecule has 0 amide bonds. The maximum absolute atomic E-state index is 11.6. The van der Waals surface area contributed by atoms with E-state index in [0.29, 0.717) is 11.0 Å². The van der Waals surface area contributed by atoms with Gasteiger partial charge in [0.25, 0.3) is 5.56 Å². The summed E-state index contributed by atoms with van der Waals surface area (Å²) >= 11 is 4.70. The van der Waals surface area contributed by atoms with E-state index in [1.165, 1.54) is 10.8 Å². The Bertz CT molecular complexity index is 659. The topological polar surface area (TPSA) is 67.8 Å². The van der Waals surface area contributed by atoms with Crippen molar-refractivity contribution in [1.29, 1.82) is 0 Å². The van der Waals surface area contributed by atoms with Crippen molar-refractivity contribution in [1.82, 2.24) is 14.5 Å². The molecule has 0 unspecified atom stereocenters. The Morgan fingerprint density at radius 2 is 2.28 bits per heavy atom. The Kier molecular flexibility index (Phi) is 4.13. The van der Waals surface area contributed by atoms with E-state index in [1.54, 1.807) is 11.3 Å². The second kappa shape index (κ2) is 5.62. The van der Waals surface area contributed by atoms with Crippen LogP contribution in [-0.4, -0.2) is 14.5 Å². The summed E-state index contributed by atoms with van der Waals surface area (Å²) in [4.78, 5) is 29.5. The normalized spacial score (nSPS) is 10.8. The first-order valence-corrected chi connectivity index (χ1v) is 7.20. The Balaban J connectivity index is 2.25. The summed E-state index contributed by atoms with van der Waals surface area (Å²) in [6.45, 7) is 2.47. The second-order valence-corrected chi connectivity index (χ2v) is 5.64. The number of H-pyrrole nitrogens is 1. The third kappa shape index (κ3) is 2.97. The Morgan fingerprint density at radius 3 is 3.00 bits per heavy atom. The zero-order chi connectivity index (χ0) is 13.1. The minimum Gasteiger partial charge on any atom is -0.293 e. The van der Waals surface area contributed by atoms with E-state index in [9.17, 15) is 9.59 Å². The Hall–Kier alpha value is -1.21. The molecular weight excluding hydrogens is 318 g/mol. The lowest BCUT2D eigenvalue weighted by Gasteiger charge is -2.02. The molecule has 0 saturated heterocycles. The predicted octanol–water partition coefficient (Wildman–Crippen LogP) is 1.76. The SMILES string of the molecule is CCCc1nc(Cn2cc(Br)c(=O)[nH]c2=O)cs1. The summed E-state index contributed by atoms with van der Waals surface area (Å²) in [6, 6.07) is 0. The van der Waals surface area contributed by atoms with E-state index in [0.717, 1.165) is 23.5 Å². The van der Waals surface area contributed by atoms with Gasteiger partial charge < -0.3 is 0 Å². The fourth-order valence-corrected chi connectivity index (χ4v) is 2.76. The van der Waals surface area contributed by atoms with Gasteiger partial charge in [0.15, 0.2) is 0 Å². The highest BCUT2D eigenvalue weighted by Crippen LogP contribution is 2.12. The summed E-state index contributed by atoms with van der Waals surface area (Å²) in [6.07, 6.45) is 3.49. The lowest BCUT2D eigenvalue weighted by atomic mass is 10.3. The second-order valence-electron chi connectivity index (χ2n) is 3.85. The lowest BCUT2D eigenvalue weighted by Crippen LogP contribution is -2.30. The monoisotopic (exact) mass is 329 g/mol. The van der Waals surface area contributed by atoms with Crippen molar-refractivity contribution in [2.75, 3.05) is 0 Å². The minimum atomic E-state index is -0.423. The zero-order valence-electron chi connectivity index (χ0n) is 9.77. The van der Waals surface area contributed by atoms with Crippen molar-refractivity contribution in [2.45, 2.75) is 26.3 Å². The average molecular weight is 330 g/mol. The molecule has 0 fully saturated rings. The summed E-state index contributed by atoms with van der Waals surface area (Å²) in [5.74, 6) is 0. The van der Waals surface area contributed by atoms with Crippen LogP contribution in [0.4, 0.5) is 0 Å².